The van der Waals surface area contributed by atoms with Crippen LogP contribution in [0.3, 0.4) is 0 Å². The Hall–Kier alpha value is -5.90. The Morgan fingerprint density at radius 3 is 2.55 bits per heavy atom. The van der Waals surface area contributed by atoms with E-state index in [1.54, 1.807) is 73.8 Å². The number of nitrogen functional groups attached to an aromatic ring is 1. The van der Waals surface area contributed by atoms with Gasteiger partial charge in [0.2, 0.25) is 0 Å². The van der Waals surface area contributed by atoms with Crippen LogP contribution < -0.4 is 16.6 Å². The van der Waals surface area contributed by atoms with Crippen molar-refractivity contribution < 1.29 is 18.0 Å². The van der Waals surface area contributed by atoms with Crippen molar-refractivity contribution >= 4 is 28.1 Å². The molecule has 4 heterocycles. The predicted octanol–water partition coefficient (Wildman–Crippen LogP) is 4.26. The lowest BCUT2D eigenvalue weighted by Crippen LogP contribution is -2.32. The summed E-state index contributed by atoms with van der Waals surface area (Å²) >= 11 is 0. The molecule has 0 fully saturated rings. The van der Waals surface area contributed by atoms with E-state index in [0.717, 1.165) is 6.20 Å². The SMILES string of the molecule is CC(NC(=O)c1c(N)nn2cccnc12)c1cc2cccc(C#Cc3cnn(C)c3C(F)(F)F)c2c(=O)n1-c1ccccc1. The minimum Gasteiger partial charge on any atom is -0.381 e. The molecule has 13 heteroatoms. The molecule has 6 rings (SSSR count). The fourth-order valence-electron chi connectivity index (χ4n) is 5.11. The van der Waals surface area contributed by atoms with Crippen molar-refractivity contribution in [1.82, 2.24) is 34.3 Å². The Bertz CT molecular complexity index is 2190. The van der Waals surface area contributed by atoms with Crippen molar-refractivity contribution in [3.8, 4) is 17.5 Å². The minimum absolute atomic E-state index is 0.00197. The first kappa shape index (κ1) is 28.2. The first-order valence-electron chi connectivity index (χ1n) is 13.3. The first-order chi connectivity index (χ1) is 21.0. The highest BCUT2D eigenvalue weighted by atomic mass is 19.4. The smallest absolute Gasteiger partial charge is 0.381 e. The third-order valence-corrected chi connectivity index (χ3v) is 7.07. The summed E-state index contributed by atoms with van der Waals surface area (Å²) in [5.41, 5.74) is 5.85. The molecule has 2 aromatic carbocycles. The monoisotopic (exact) mass is 596 g/mol. The molecule has 0 aliphatic rings. The van der Waals surface area contributed by atoms with Gasteiger partial charge in [0, 0.05) is 36.4 Å². The number of halogens is 3. The molecule has 6 aromatic rings. The number of amides is 1. The molecule has 0 bridgehead atoms. The van der Waals surface area contributed by atoms with Crippen LogP contribution in [-0.4, -0.2) is 34.9 Å². The van der Waals surface area contributed by atoms with Crippen molar-refractivity contribution in [3.05, 3.63) is 118 Å². The van der Waals surface area contributed by atoms with Crippen LogP contribution in [0.5, 0.6) is 0 Å². The maximum Gasteiger partial charge on any atom is 0.434 e. The molecule has 1 unspecified atom stereocenters. The van der Waals surface area contributed by atoms with Crippen LogP contribution in [0, 0.1) is 11.8 Å². The lowest BCUT2D eigenvalue weighted by molar-refractivity contribution is -0.143. The lowest BCUT2D eigenvalue weighted by Gasteiger charge is -2.21. The van der Waals surface area contributed by atoms with Crippen molar-refractivity contribution in [2.75, 3.05) is 5.73 Å². The van der Waals surface area contributed by atoms with Gasteiger partial charge in [-0.1, -0.05) is 42.2 Å². The highest BCUT2D eigenvalue weighted by Crippen LogP contribution is 2.31. The van der Waals surface area contributed by atoms with Crippen LogP contribution in [0.15, 0.2) is 84.0 Å². The maximum absolute atomic E-state index is 14.2. The van der Waals surface area contributed by atoms with E-state index in [0.29, 0.717) is 21.4 Å². The zero-order valence-corrected chi connectivity index (χ0v) is 23.3. The molecule has 3 N–H and O–H groups in total. The number of rotatable bonds is 4. The summed E-state index contributed by atoms with van der Waals surface area (Å²) < 4.78 is 44.4. The number of nitrogens with two attached hydrogens (primary N) is 1. The summed E-state index contributed by atoms with van der Waals surface area (Å²) in [5.74, 6) is 4.77. The Balaban J connectivity index is 1.48. The number of nitrogens with one attached hydrogen (secondary N) is 1. The van der Waals surface area contributed by atoms with Crippen LogP contribution in [0.2, 0.25) is 0 Å². The summed E-state index contributed by atoms with van der Waals surface area (Å²) in [6.45, 7) is 1.72. The Kier molecular flexibility index (Phi) is 6.89. The van der Waals surface area contributed by atoms with Gasteiger partial charge in [-0.3, -0.25) is 18.8 Å². The quantitative estimate of drug-likeness (QED) is 0.293. The van der Waals surface area contributed by atoms with Crippen LogP contribution >= 0.6 is 0 Å². The molecule has 0 aliphatic heterocycles. The van der Waals surface area contributed by atoms with Gasteiger partial charge < -0.3 is 11.1 Å². The number of hydrogen-bond acceptors (Lipinski definition) is 6. The maximum atomic E-state index is 14.2. The van der Waals surface area contributed by atoms with Crippen LogP contribution in [0.1, 0.15) is 45.8 Å². The topological polar surface area (TPSA) is 125 Å². The molecular formula is C31H23F3N8O2. The van der Waals surface area contributed by atoms with E-state index in [1.807, 2.05) is 0 Å². The summed E-state index contributed by atoms with van der Waals surface area (Å²) in [4.78, 5) is 31.8. The molecule has 0 radical (unpaired) electrons. The second-order valence-electron chi connectivity index (χ2n) is 9.94. The second kappa shape index (κ2) is 10.7. The van der Waals surface area contributed by atoms with E-state index in [2.05, 4.69) is 32.3 Å². The van der Waals surface area contributed by atoms with Gasteiger partial charge >= 0.3 is 6.18 Å². The van der Waals surface area contributed by atoms with Crippen molar-refractivity contribution in [2.45, 2.75) is 19.1 Å². The Labute approximate surface area is 247 Å². The third-order valence-electron chi connectivity index (χ3n) is 7.07. The molecule has 0 saturated carbocycles. The standard InChI is InChI=1S/C31H23F3N8O2/c1-18(38-29(43)25-27(35)39-41-15-7-14-36-28(25)41)23-16-20-9-6-8-19(12-13-21-17-37-40(2)26(21)31(32,33)34)24(20)30(44)42(23)22-10-4-3-5-11-22/h3-11,14-18H,1-2H3,(H2,35,39)(H,38,43). The number of nitrogens with zero attached hydrogens (tertiary/aromatic N) is 6. The fraction of sp³-hybridized carbons (Fsp3) is 0.129. The van der Waals surface area contributed by atoms with E-state index < -0.39 is 29.4 Å². The normalized spacial score (nSPS) is 12.2. The molecule has 44 heavy (non-hydrogen) atoms. The number of anilines is 1. The molecule has 0 spiro atoms. The van der Waals surface area contributed by atoms with Gasteiger partial charge in [0.1, 0.15) is 5.56 Å². The van der Waals surface area contributed by atoms with Gasteiger partial charge in [0.05, 0.1) is 23.2 Å². The highest BCUT2D eigenvalue weighted by Gasteiger charge is 2.37. The van der Waals surface area contributed by atoms with Gasteiger partial charge in [-0.25, -0.2) is 9.50 Å². The number of carbonyl (C=O) groups excluding carboxylic acids is 1. The lowest BCUT2D eigenvalue weighted by atomic mass is 10.0. The second-order valence-corrected chi connectivity index (χ2v) is 9.94. The molecule has 0 aliphatic carbocycles. The largest absolute Gasteiger partial charge is 0.434 e. The van der Waals surface area contributed by atoms with Gasteiger partial charge in [-0.05, 0) is 42.6 Å². The number of pyridine rings is 1. The zero-order chi connectivity index (χ0) is 31.2. The van der Waals surface area contributed by atoms with Crippen molar-refractivity contribution in [3.63, 3.8) is 0 Å². The molecule has 1 atom stereocenters. The minimum atomic E-state index is -4.66. The van der Waals surface area contributed by atoms with E-state index >= 15 is 0 Å². The van der Waals surface area contributed by atoms with Crippen molar-refractivity contribution in [2.24, 2.45) is 7.05 Å². The molecule has 10 nitrogen and oxygen atoms in total. The summed E-state index contributed by atoms with van der Waals surface area (Å²) in [6.07, 6.45) is -0.481. The Morgan fingerprint density at radius 1 is 1.05 bits per heavy atom. The number of aryl methyl sites for hydroxylation is 1. The summed E-state index contributed by atoms with van der Waals surface area (Å²) in [6, 6.07) is 16.4. The number of para-hydroxylation sites is 1. The Morgan fingerprint density at radius 2 is 1.80 bits per heavy atom. The number of hydrogen-bond donors (Lipinski definition) is 2. The van der Waals surface area contributed by atoms with Gasteiger partial charge in [0.15, 0.2) is 17.2 Å². The first-order valence-corrected chi connectivity index (χ1v) is 13.3. The number of fused-ring (bicyclic) bond motifs is 2. The van der Waals surface area contributed by atoms with E-state index in [-0.39, 0.29) is 33.5 Å². The number of carbonyl (C=O) groups is 1. The van der Waals surface area contributed by atoms with Gasteiger partial charge in [0.25, 0.3) is 11.5 Å². The molecule has 4 aromatic heterocycles. The number of benzene rings is 2. The van der Waals surface area contributed by atoms with Crippen LogP contribution in [0.4, 0.5) is 19.0 Å². The molecule has 0 saturated heterocycles. The molecular weight excluding hydrogens is 573 g/mol. The number of aromatic nitrogens is 6. The molecule has 220 valence electrons. The average molecular weight is 597 g/mol. The van der Waals surface area contributed by atoms with E-state index in [1.165, 1.54) is 22.3 Å². The van der Waals surface area contributed by atoms with Crippen LogP contribution in [0.25, 0.3) is 22.1 Å². The van der Waals surface area contributed by atoms with E-state index in [4.69, 9.17) is 5.73 Å². The third kappa shape index (κ3) is 4.92. The molecule has 1 amide bonds. The van der Waals surface area contributed by atoms with Gasteiger partial charge in [-0.2, -0.15) is 18.3 Å². The van der Waals surface area contributed by atoms with Crippen LogP contribution in [-0.2, 0) is 13.2 Å². The van der Waals surface area contributed by atoms with E-state index in [9.17, 15) is 22.8 Å². The van der Waals surface area contributed by atoms with Gasteiger partial charge in [-0.15, -0.1) is 5.10 Å². The zero-order valence-electron chi connectivity index (χ0n) is 23.3. The predicted molar refractivity (Wildman–Crippen MR) is 157 cm³/mol. The average Bonchev–Trinajstić information content (AvgIpc) is 3.54. The fourth-order valence-corrected chi connectivity index (χ4v) is 5.11. The summed E-state index contributed by atoms with van der Waals surface area (Å²) in [5, 5.41) is 11.4. The van der Waals surface area contributed by atoms with Crippen molar-refractivity contribution in [1.29, 1.82) is 0 Å². The highest BCUT2D eigenvalue weighted by molar-refractivity contribution is 6.04. The summed E-state index contributed by atoms with van der Waals surface area (Å²) in [7, 11) is 1.19. The number of alkyl halides is 3.